The summed E-state index contributed by atoms with van der Waals surface area (Å²) in [7, 11) is -3.53. The van der Waals surface area contributed by atoms with E-state index in [4.69, 9.17) is 0 Å². The molecule has 7 heteroatoms. The van der Waals surface area contributed by atoms with E-state index in [0.29, 0.717) is 18.8 Å². The molecule has 3 rings (SSSR count). The molecule has 2 aromatic carbocycles. The number of carbonyl (C=O) groups excluding carboxylic acids is 1. The molecule has 0 aliphatic carbocycles. The van der Waals surface area contributed by atoms with Gasteiger partial charge in [-0.15, -0.1) is 0 Å². The van der Waals surface area contributed by atoms with Crippen LogP contribution in [0.3, 0.4) is 0 Å². The standard InChI is InChI=1S/C20H23BrN2O3S/c21-17-10-8-16(9-11-17)14-20(24)22-18-6-5-7-19(15-18)27(25,26)23-12-3-1-2-4-13-23/h5-11,15H,1-4,12-14H2,(H,22,24). The molecule has 144 valence electrons. The van der Waals surface area contributed by atoms with Crippen LogP contribution in [0.2, 0.25) is 0 Å². The van der Waals surface area contributed by atoms with E-state index in [2.05, 4.69) is 21.2 Å². The Morgan fingerprint density at radius 1 is 1.00 bits per heavy atom. The molecule has 1 saturated heterocycles. The van der Waals surface area contributed by atoms with Crippen molar-refractivity contribution in [2.75, 3.05) is 18.4 Å². The highest BCUT2D eigenvalue weighted by molar-refractivity contribution is 9.10. The maximum Gasteiger partial charge on any atom is 0.243 e. The van der Waals surface area contributed by atoms with Crippen molar-refractivity contribution >= 4 is 37.5 Å². The van der Waals surface area contributed by atoms with E-state index >= 15 is 0 Å². The number of nitrogens with zero attached hydrogens (tertiary/aromatic N) is 1. The van der Waals surface area contributed by atoms with Gasteiger partial charge in [-0.25, -0.2) is 8.42 Å². The number of halogens is 1. The van der Waals surface area contributed by atoms with Crippen molar-refractivity contribution in [1.82, 2.24) is 4.31 Å². The first-order valence-electron chi connectivity index (χ1n) is 9.10. The second kappa shape index (κ2) is 8.99. The first-order valence-corrected chi connectivity index (χ1v) is 11.3. The summed E-state index contributed by atoms with van der Waals surface area (Å²) in [5.74, 6) is -0.179. The largest absolute Gasteiger partial charge is 0.326 e. The minimum atomic E-state index is -3.53. The Bertz CT molecular complexity index is 890. The summed E-state index contributed by atoms with van der Waals surface area (Å²) >= 11 is 3.37. The van der Waals surface area contributed by atoms with Gasteiger partial charge in [0, 0.05) is 23.2 Å². The van der Waals surface area contributed by atoms with Crippen LogP contribution in [0, 0.1) is 0 Å². The molecule has 1 aliphatic heterocycles. The lowest BCUT2D eigenvalue weighted by molar-refractivity contribution is -0.115. The van der Waals surface area contributed by atoms with Crippen molar-refractivity contribution in [1.29, 1.82) is 0 Å². The lowest BCUT2D eigenvalue weighted by Crippen LogP contribution is -2.32. The Morgan fingerprint density at radius 3 is 2.33 bits per heavy atom. The molecule has 0 spiro atoms. The van der Waals surface area contributed by atoms with Gasteiger partial charge < -0.3 is 5.32 Å². The van der Waals surface area contributed by atoms with Crippen LogP contribution >= 0.6 is 15.9 Å². The van der Waals surface area contributed by atoms with Crippen LogP contribution in [0.15, 0.2) is 57.9 Å². The number of rotatable bonds is 5. The fourth-order valence-electron chi connectivity index (χ4n) is 3.16. The molecule has 0 atom stereocenters. The van der Waals surface area contributed by atoms with Crippen LogP contribution in [0.25, 0.3) is 0 Å². The van der Waals surface area contributed by atoms with Gasteiger partial charge in [0.05, 0.1) is 11.3 Å². The molecule has 0 bridgehead atoms. The second-order valence-electron chi connectivity index (χ2n) is 6.70. The van der Waals surface area contributed by atoms with Crippen molar-refractivity contribution in [2.45, 2.75) is 37.0 Å². The molecule has 0 radical (unpaired) electrons. The van der Waals surface area contributed by atoms with Crippen LogP contribution in [-0.4, -0.2) is 31.7 Å². The number of carbonyl (C=O) groups is 1. The highest BCUT2D eigenvalue weighted by Crippen LogP contribution is 2.23. The summed E-state index contributed by atoms with van der Waals surface area (Å²) < 4.78 is 28.3. The predicted octanol–water partition coefficient (Wildman–Crippen LogP) is 4.20. The van der Waals surface area contributed by atoms with Gasteiger partial charge in [0.2, 0.25) is 15.9 Å². The number of hydrogen-bond acceptors (Lipinski definition) is 3. The normalized spacial score (nSPS) is 15.9. The van der Waals surface area contributed by atoms with Crippen LogP contribution in [0.4, 0.5) is 5.69 Å². The van der Waals surface area contributed by atoms with Gasteiger partial charge >= 0.3 is 0 Å². The van der Waals surface area contributed by atoms with E-state index in [1.807, 2.05) is 24.3 Å². The van der Waals surface area contributed by atoms with E-state index in [1.54, 1.807) is 28.6 Å². The van der Waals surface area contributed by atoms with Crippen LogP contribution in [0.1, 0.15) is 31.2 Å². The van der Waals surface area contributed by atoms with Crippen LogP contribution < -0.4 is 5.32 Å². The Morgan fingerprint density at radius 2 is 1.67 bits per heavy atom. The number of hydrogen-bond donors (Lipinski definition) is 1. The van der Waals surface area contributed by atoms with Gasteiger partial charge in [-0.05, 0) is 48.7 Å². The summed E-state index contributed by atoms with van der Waals surface area (Å²) in [5, 5.41) is 2.80. The molecule has 5 nitrogen and oxygen atoms in total. The molecule has 27 heavy (non-hydrogen) atoms. The van der Waals surface area contributed by atoms with Crippen molar-refractivity contribution in [3.05, 3.63) is 58.6 Å². The number of benzene rings is 2. The third kappa shape index (κ3) is 5.40. The Kier molecular flexibility index (Phi) is 6.68. The molecule has 0 aromatic heterocycles. The molecule has 1 N–H and O–H groups in total. The van der Waals surface area contributed by atoms with E-state index in [9.17, 15) is 13.2 Å². The predicted molar refractivity (Wildman–Crippen MR) is 110 cm³/mol. The zero-order chi connectivity index (χ0) is 19.3. The van der Waals surface area contributed by atoms with E-state index in [-0.39, 0.29) is 17.2 Å². The summed E-state index contributed by atoms with van der Waals surface area (Å²) in [4.78, 5) is 12.5. The van der Waals surface area contributed by atoms with Gasteiger partial charge in [-0.1, -0.05) is 47.0 Å². The molecular formula is C20H23BrN2O3S. The minimum absolute atomic E-state index is 0.179. The van der Waals surface area contributed by atoms with Gasteiger partial charge in [-0.2, -0.15) is 4.31 Å². The number of sulfonamides is 1. The lowest BCUT2D eigenvalue weighted by Gasteiger charge is -2.20. The number of anilines is 1. The summed E-state index contributed by atoms with van der Waals surface area (Å²) in [6.45, 7) is 1.12. The van der Waals surface area contributed by atoms with Crippen LogP contribution in [-0.2, 0) is 21.2 Å². The molecule has 2 aromatic rings. The third-order valence-corrected chi connectivity index (χ3v) is 7.02. The molecule has 1 heterocycles. The van der Waals surface area contributed by atoms with Crippen molar-refractivity contribution in [3.8, 4) is 0 Å². The maximum atomic E-state index is 12.9. The monoisotopic (exact) mass is 450 g/mol. The highest BCUT2D eigenvalue weighted by Gasteiger charge is 2.25. The fraction of sp³-hybridized carbons (Fsp3) is 0.350. The summed E-state index contributed by atoms with van der Waals surface area (Å²) in [6, 6.07) is 14.0. The molecule has 0 unspecified atom stereocenters. The van der Waals surface area contributed by atoms with Gasteiger partial charge in [0.1, 0.15) is 0 Å². The molecule has 0 saturated carbocycles. The van der Waals surface area contributed by atoms with Gasteiger partial charge in [-0.3, -0.25) is 4.79 Å². The average molecular weight is 451 g/mol. The Labute approximate surface area is 169 Å². The summed E-state index contributed by atoms with van der Waals surface area (Å²) in [5.41, 5.74) is 1.39. The molecular weight excluding hydrogens is 428 g/mol. The van der Waals surface area contributed by atoms with E-state index in [1.165, 1.54) is 0 Å². The number of nitrogens with one attached hydrogen (secondary N) is 1. The number of amides is 1. The van der Waals surface area contributed by atoms with Crippen molar-refractivity contribution in [2.24, 2.45) is 0 Å². The van der Waals surface area contributed by atoms with Gasteiger partial charge in [0.15, 0.2) is 0 Å². The summed E-state index contributed by atoms with van der Waals surface area (Å²) in [6.07, 6.45) is 4.15. The quantitative estimate of drug-likeness (QED) is 0.741. The van der Waals surface area contributed by atoms with Crippen LogP contribution in [0.5, 0.6) is 0 Å². The first kappa shape index (κ1) is 20.0. The van der Waals surface area contributed by atoms with Gasteiger partial charge in [0.25, 0.3) is 0 Å². The smallest absolute Gasteiger partial charge is 0.243 e. The van der Waals surface area contributed by atoms with E-state index in [0.717, 1.165) is 35.7 Å². The first-order chi connectivity index (χ1) is 12.9. The van der Waals surface area contributed by atoms with Crippen molar-refractivity contribution < 1.29 is 13.2 Å². The SMILES string of the molecule is O=C(Cc1ccc(Br)cc1)Nc1cccc(S(=O)(=O)N2CCCCCC2)c1. The fourth-order valence-corrected chi connectivity index (χ4v) is 4.99. The minimum Gasteiger partial charge on any atom is -0.326 e. The molecule has 1 fully saturated rings. The molecule has 1 amide bonds. The Balaban J connectivity index is 1.71. The average Bonchev–Trinajstić information content (AvgIpc) is 2.94. The zero-order valence-electron chi connectivity index (χ0n) is 15.0. The molecule has 1 aliphatic rings. The zero-order valence-corrected chi connectivity index (χ0v) is 17.4. The van der Waals surface area contributed by atoms with Crippen molar-refractivity contribution in [3.63, 3.8) is 0 Å². The second-order valence-corrected chi connectivity index (χ2v) is 9.55. The highest BCUT2D eigenvalue weighted by atomic mass is 79.9. The third-order valence-electron chi connectivity index (χ3n) is 4.60. The maximum absolute atomic E-state index is 12.9. The Hall–Kier alpha value is -1.70. The lowest BCUT2D eigenvalue weighted by atomic mass is 10.1. The topological polar surface area (TPSA) is 66.5 Å². The van der Waals surface area contributed by atoms with E-state index < -0.39 is 10.0 Å².